The molecule has 2 heterocycles. The number of halogens is 1. The number of hydrogen-bond acceptors (Lipinski definition) is 6. The Hall–Kier alpha value is -2.00. The fourth-order valence-electron chi connectivity index (χ4n) is 3.31. The molecule has 1 aromatic carbocycles. The molecule has 1 aromatic heterocycles. The minimum atomic E-state index is -0.628. The van der Waals surface area contributed by atoms with E-state index in [1.165, 1.54) is 21.8 Å². The Morgan fingerprint density at radius 2 is 2.14 bits per heavy atom. The van der Waals surface area contributed by atoms with E-state index < -0.39 is 6.23 Å². The number of ether oxygens (including phenoxy) is 1. The molecule has 1 saturated carbocycles. The highest BCUT2D eigenvalue weighted by atomic mass is 79.9. The van der Waals surface area contributed by atoms with Crippen LogP contribution in [-0.2, 0) is 16.0 Å². The quantitative estimate of drug-likeness (QED) is 0.553. The highest BCUT2D eigenvalue weighted by Crippen LogP contribution is 2.43. The summed E-state index contributed by atoms with van der Waals surface area (Å²) >= 11 is 4.88. The fraction of sp³-hybridized carbons (Fsp3) is 0.500. The van der Waals surface area contributed by atoms with Gasteiger partial charge in [0.25, 0.3) is 0 Å². The third kappa shape index (κ3) is 4.95. The van der Waals surface area contributed by atoms with Crippen LogP contribution in [0.4, 0.5) is 9.93 Å². The summed E-state index contributed by atoms with van der Waals surface area (Å²) in [6.07, 6.45) is 3.98. The number of aryl methyl sites for hydroxylation is 1. The van der Waals surface area contributed by atoms with Crippen LogP contribution in [0, 0.1) is 0 Å². The first-order valence-corrected chi connectivity index (χ1v) is 11.4. The molecule has 29 heavy (non-hydrogen) atoms. The molecule has 0 N–H and O–H groups in total. The van der Waals surface area contributed by atoms with Crippen LogP contribution in [-0.4, -0.2) is 46.9 Å². The van der Waals surface area contributed by atoms with Crippen LogP contribution in [0.2, 0.25) is 0 Å². The number of benzene rings is 1. The zero-order valence-corrected chi connectivity index (χ0v) is 18.6. The Bertz CT molecular complexity index is 901. The minimum absolute atomic E-state index is 0.207. The smallest absolute Gasteiger partial charge is 0.329 e. The third-order valence-electron chi connectivity index (χ3n) is 5.10. The van der Waals surface area contributed by atoms with Gasteiger partial charge in [0.2, 0.25) is 5.13 Å². The summed E-state index contributed by atoms with van der Waals surface area (Å²) in [5.74, 6) is 0.178. The monoisotopic (exact) mass is 478 g/mol. The SMILES string of the molecule is CN1CCC(OC(=O)CCCc2cccc(Br)c2)N(c2nnc(C3CC3)s2)C1=O. The van der Waals surface area contributed by atoms with Crippen molar-refractivity contribution in [1.82, 2.24) is 15.1 Å². The molecule has 2 fully saturated rings. The number of carbonyl (C=O) groups excluding carboxylic acids is 2. The normalized spacial score (nSPS) is 19.5. The van der Waals surface area contributed by atoms with E-state index in [9.17, 15) is 9.59 Å². The third-order valence-corrected chi connectivity index (χ3v) is 6.68. The van der Waals surface area contributed by atoms with Gasteiger partial charge in [0.15, 0.2) is 6.23 Å². The molecule has 1 saturated heterocycles. The highest BCUT2D eigenvalue weighted by Gasteiger charge is 2.38. The van der Waals surface area contributed by atoms with Gasteiger partial charge in [-0.05, 0) is 43.4 Å². The zero-order valence-electron chi connectivity index (χ0n) is 16.2. The van der Waals surface area contributed by atoms with Crippen molar-refractivity contribution >= 4 is 44.4 Å². The van der Waals surface area contributed by atoms with E-state index in [-0.39, 0.29) is 12.0 Å². The Morgan fingerprint density at radius 3 is 2.90 bits per heavy atom. The predicted molar refractivity (Wildman–Crippen MR) is 114 cm³/mol. The van der Waals surface area contributed by atoms with Crippen molar-refractivity contribution in [2.75, 3.05) is 18.5 Å². The van der Waals surface area contributed by atoms with E-state index in [4.69, 9.17) is 4.74 Å². The second-order valence-electron chi connectivity index (χ2n) is 7.49. The summed E-state index contributed by atoms with van der Waals surface area (Å²) < 4.78 is 6.72. The van der Waals surface area contributed by atoms with E-state index >= 15 is 0 Å². The number of hydrogen-bond donors (Lipinski definition) is 0. The van der Waals surface area contributed by atoms with Crippen LogP contribution < -0.4 is 4.90 Å². The van der Waals surface area contributed by atoms with Crippen molar-refractivity contribution < 1.29 is 14.3 Å². The maximum atomic E-state index is 12.7. The van der Waals surface area contributed by atoms with Crippen LogP contribution in [0.1, 0.15) is 48.6 Å². The van der Waals surface area contributed by atoms with Crippen molar-refractivity contribution in [1.29, 1.82) is 0 Å². The van der Waals surface area contributed by atoms with Gasteiger partial charge in [-0.15, -0.1) is 10.2 Å². The van der Waals surface area contributed by atoms with E-state index in [0.29, 0.717) is 36.9 Å². The molecule has 1 aliphatic carbocycles. The molecule has 1 aliphatic heterocycles. The second-order valence-corrected chi connectivity index (χ2v) is 9.39. The highest BCUT2D eigenvalue weighted by molar-refractivity contribution is 9.10. The molecule has 0 bridgehead atoms. The largest absolute Gasteiger partial charge is 0.441 e. The Morgan fingerprint density at radius 1 is 1.31 bits per heavy atom. The molecule has 2 aromatic rings. The predicted octanol–water partition coefficient (Wildman–Crippen LogP) is 4.33. The van der Waals surface area contributed by atoms with Crippen molar-refractivity contribution in [2.24, 2.45) is 0 Å². The second kappa shape index (κ2) is 8.79. The number of amides is 2. The molecule has 2 amide bonds. The number of rotatable bonds is 7. The number of esters is 1. The van der Waals surface area contributed by atoms with E-state index in [1.807, 2.05) is 18.2 Å². The van der Waals surface area contributed by atoms with Crippen LogP contribution in [0.5, 0.6) is 0 Å². The lowest BCUT2D eigenvalue weighted by Gasteiger charge is -2.37. The zero-order chi connectivity index (χ0) is 20.4. The summed E-state index contributed by atoms with van der Waals surface area (Å²) in [5, 5.41) is 9.90. The van der Waals surface area contributed by atoms with Gasteiger partial charge in [-0.3, -0.25) is 4.79 Å². The number of carbonyl (C=O) groups is 2. The van der Waals surface area contributed by atoms with Gasteiger partial charge in [0.05, 0.1) is 0 Å². The maximum Gasteiger partial charge on any atom is 0.329 e. The summed E-state index contributed by atoms with van der Waals surface area (Å²) in [6.45, 7) is 0.541. The molecule has 154 valence electrons. The van der Waals surface area contributed by atoms with Crippen LogP contribution in [0.3, 0.4) is 0 Å². The van der Waals surface area contributed by atoms with E-state index in [0.717, 1.165) is 28.7 Å². The summed E-state index contributed by atoms with van der Waals surface area (Å²) in [7, 11) is 1.74. The molecular formula is C20H23BrN4O3S. The molecule has 4 rings (SSSR count). The molecule has 1 unspecified atom stereocenters. The number of anilines is 1. The molecule has 9 heteroatoms. The summed E-state index contributed by atoms with van der Waals surface area (Å²) in [6, 6.07) is 7.85. The van der Waals surface area contributed by atoms with Crippen LogP contribution in [0.15, 0.2) is 28.7 Å². The lowest BCUT2D eigenvalue weighted by atomic mass is 10.1. The van der Waals surface area contributed by atoms with Crippen molar-refractivity contribution in [2.45, 2.75) is 50.7 Å². The lowest BCUT2D eigenvalue weighted by molar-refractivity contribution is -0.149. The van der Waals surface area contributed by atoms with Gasteiger partial charge < -0.3 is 9.64 Å². The van der Waals surface area contributed by atoms with E-state index in [1.54, 1.807) is 11.9 Å². The fourth-order valence-corrected chi connectivity index (χ4v) is 4.80. The van der Waals surface area contributed by atoms with Crippen molar-refractivity contribution in [3.8, 4) is 0 Å². The first kappa shape index (κ1) is 20.3. The molecule has 0 radical (unpaired) electrons. The van der Waals surface area contributed by atoms with Crippen molar-refractivity contribution in [3.63, 3.8) is 0 Å². The van der Waals surface area contributed by atoms with Gasteiger partial charge in [-0.25, -0.2) is 9.69 Å². The average molecular weight is 479 g/mol. The van der Waals surface area contributed by atoms with E-state index in [2.05, 4.69) is 32.2 Å². The van der Waals surface area contributed by atoms with Gasteiger partial charge in [-0.2, -0.15) is 0 Å². The van der Waals surface area contributed by atoms with Gasteiger partial charge >= 0.3 is 12.0 Å². The molecule has 0 spiro atoms. The summed E-state index contributed by atoms with van der Waals surface area (Å²) in [5.41, 5.74) is 1.17. The Kier molecular flexibility index (Phi) is 6.15. The molecular weight excluding hydrogens is 456 g/mol. The van der Waals surface area contributed by atoms with Gasteiger partial charge in [0.1, 0.15) is 5.01 Å². The number of nitrogens with zero attached hydrogens (tertiary/aromatic N) is 4. The first-order chi connectivity index (χ1) is 14.0. The topological polar surface area (TPSA) is 75.6 Å². The number of urea groups is 1. The minimum Gasteiger partial charge on any atom is -0.441 e. The van der Waals surface area contributed by atoms with Crippen LogP contribution >= 0.6 is 27.3 Å². The summed E-state index contributed by atoms with van der Waals surface area (Å²) in [4.78, 5) is 28.3. The van der Waals surface area contributed by atoms with Crippen molar-refractivity contribution in [3.05, 3.63) is 39.3 Å². The van der Waals surface area contributed by atoms with Gasteiger partial charge in [-0.1, -0.05) is 39.4 Å². The van der Waals surface area contributed by atoms with Crippen LogP contribution in [0.25, 0.3) is 0 Å². The van der Waals surface area contributed by atoms with Gasteiger partial charge in [0, 0.05) is 36.8 Å². The molecule has 2 aliphatic rings. The standard InChI is InChI=1S/C20H23BrN4O3S/c1-24-11-10-16(25(20(24)27)19-23-22-18(29-19)14-8-9-14)28-17(26)7-3-5-13-4-2-6-15(21)12-13/h2,4,6,12,14,16H,3,5,7-11H2,1H3. The molecule has 1 atom stereocenters. The molecule has 7 nitrogen and oxygen atoms in total. The lowest BCUT2D eigenvalue weighted by Crippen LogP contribution is -2.54. The first-order valence-electron chi connectivity index (χ1n) is 9.83. The number of aromatic nitrogens is 2. The average Bonchev–Trinajstić information content (AvgIpc) is 3.43. The maximum absolute atomic E-state index is 12.7. The Balaban J connectivity index is 1.37. The Labute approximate surface area is 182 Å².